The second-order valence-electron chi connectivity index (χ2n) is 6.99. The van der Waals surface area contributed by atoms with Gasteiger partial charge in [-0.3, -0.25) is 4.68 Å². The lowest BCUT2D eigenvalue weighted by Crippen LogP contribution is -2.17. The number of fused-ring (bicyclic) bond motifs is 1. The summed E-state index contributed by atoms with van der Waals surface area (Å²) in [7, 11) is 1.58. The second kappa shape index (κ2) is 8.22. The number of carbonyl (C=O) groups is 1. The molecule has 0 radical (unpaired) electrons. The maximum absolute atomic E-state index is 12.4. The highest BCUT2D eigenvalue weighted by atomic mass is 19.4. The number of aryl methyl sites for hydroxylation is 1. The molecule has 0 unspecified atom stereocenters. The highest BCUT2D eigenvalue weighted by molar-refractivity contribution is 6.02. The highest BCUT2D eigenvalue weighted by Gasteiger charge is 2.31. The Balaban J connectivity index is 1.49. The van der Waals surface area contributed by atoms with Crippen LogP contribution in [0.15, 0.2) is 60.8 Å². The van der Waals surface area contributed by atoms with Gasteiger partial charge in [-0.05, 0) is 47.5 Å². The SMILES string of the molecule is Cn1nc2ccc(-c3ccc(NCc4cccc(OC(F)(F)F)c4)nc3)cc2c1C(=O)O. The Hall–Kier alpha value is -4.08. The third kappa shape index (κ3) is 4.64. The average molecular weight is 442 g/mol. The Morgan fingerprint density at radius 1 is 1.12 bits per heavy atom. The lowest BCUT2D eigenvalue weighted by atomic mass is 10.0. The Morgan fingerprint density at radius 2 is 1.91 bits per heavy atom. The van der Waals surface area contributed by atoms with Crippen LogP contribution in [0.2, 0.25) is 0 Å². The number of carboxylic acids is 1. The van der Waals surface area contributed by atoms with E-state index in [0.717, 1.165) is 11.1 Å². The maximum Gasteiger partial charge on any atom is 0.573 e. The van der Waals surface area contributed by atoms with Gasteiger partial charge in [-0.2, -0.15) is 5.10 Å². The Morgan fingerprint density at radius 3 is 2.59 bits per heavy atom. The number of anilines is 1. The van der Waals surface area contributed by atoms with Crippen molar-refractivity contribution in [2.24, 2.45) is 7.05 Å². The molecule has 10 heteroatoms. The number of hydrogen-bond donors (Lipinski definition) is 2. The molecule has 0 fully saturated rings. The standard InChI is InChI=1S/C22H17F3N4O3/c1-29-20(21(30)31)17-10-14(5-7-18(17)28-29)15-6-8-19(27-12-15)26-11-13-3-2-4-16(9-13)32-22(23,24)25/h2-10,12H,11H2,1H3,(H,26,27)(H,30,31). The van der Waals surface area contributed by atoms with Crippen LogP contribution in [0.5, 0.6) is 5.75 Å². The minimum absolute atomic E-state index is 0.102. The summed E-state index contributed by atoms with van der Waals surface area (Å²) in [6, 6.07) is 14.6. The third-order valence-electron chi connectivity index (χ3n) is 4.74. The molecule has 2 heterocycles. The van der Waals surface area contributed by atoms with Crippen molar-refractivity contribution in [2.75, 3.05) is 5.32 Å². The van der Waals surface area contributed by atoms with E-state index in [4.69, 9.17) is 0 Å². The number of halogens is 3. The predicted octanol–water partition coefficient (Wildman–Crippen LogP) is 4.84. The molecule has 32 heavy (non-hydrogen) atoms. The van der Waals surface area contributed by atoms with Gasteiger partial charge in [0.25, 0.3) is 0 Å². The monoisotopic (exact) mass is 442 g/mol. The average Bonchev–Trinajstić information content (AvgIpc) is 3.07. The van der Waals surface area contributed by atoms with Gasteiger partial charge in [0.15, 0.2) is 5.69 Å². The van der Waals surface area contributed by atoms with Crippen LogP contribution >= 0.6 is 0 Å². The van der Waals surface area contributed by atoms with E-state index < -0.39 is 12.3 Å². The Bertz CT molecular complexity index is 1280. The Labute approximate surface area is 180 Å². The maximum atomic E-state index is 12.4. The van der Waals surface area contributed by atoms with Gasteiger partial charge in [0, 0.05) is 30.7 Å². The van der Waals surface area contributed by atoms with E-state index in [1.54, 1.807) is 37.5 Å². The smallest absolute Gasteiger partial charge is 0.477 e. The molecule has 0 spiro atoms. The van der Waals surface area contributed by atoms with E-state index in [1.807, 2.05) is 12.1 Å². The van der Waals surface area contributed by atoms with Gasteiger partial charge in [0.2, 0.25) is 0 Å². The van der Waals surface area contributed by atoms with Crippen LogP contribution in [-0.2, 0) is 13.6 Å². The van der Waals surface area contributed by atoms with Crippen molar-refractivity contribution in [3.63, 3.8) is 0 Å². The number of alkyl halides is 3. The van der Waals surface area contributed by atoms with Crippen LogP contribution in [0, 0.1) is 0 Å². The summed E-state index contributed by atoms with van der Waals surface area (Å²) < 4.78 is 42.4. The number of carboxylic acid groups (broad SMARTS) is 1. The Kier molecular flexibility index (Phi) is 5.43. The van der Waals surface area contributed by atoms with Crippen molar-refractivity contribution < 1.29 is 27.8 Å². The third-order valence-corrected chi connectivity index (χ3v) is 4.74. The summed E-state index contributed by atoms with van der Waals surface area (Å²) in [4.78, 5) is 15.9. The van der Waals surface area contributed by atoms with E-state index in [-0.39, 0.29) is 18.0 Å². The molecular weight excluding hydrogens is 425 g/mol. The van der Waals surface area contributed by atoms with E-state index >= 15 is 0 Å². The first-order chi connectivity index (χ1) is 15.2. The van der Waals surface area contributed by atoms with Crippen molar-refractivity contribution in [2.45, 2.75) is 12.9 Å². The molecule has 2 aromatic heterocycles. The first-order valence-electron chi connectivity index (χ1n) is 9.45. The van der Waals surface area contributed by atoms with Gasteiger partial charge in [-0.25, -0.2) is 9.78 Å². The fourth-order valence-corrected chi connectivity index (χ4v) is 3.35. The molecule has 4 aromatic rings. The summed E-state index contributed by atoms with van der Waals surface area (Å²) in [6.07, 6.45) is -3.11. The number of ether oxygens (including phenoxy) is 1. The van der Waals surface area contributed by atoms with Crippen molar-refractivity contribution in [1.29, 1.82) is 0 Å². The predicted molar refractivity (Wildman–Crippen MR) is 111 cm³/mol. The number of hydrogen-bond acceptors (Lipinski definition) is 5. The van der Waals surface area contributed by atoms with Crippen LogP contribution < -0.4 is 10.1 Å². The molecule has 0 aliphatic rings. The number of pyridine rings is 1. The number of aromatic carboxylic acids is 1. The minimum Gasteiger partial charge on any atom is -0.477 e. The van der Waals surface area contributed by atoms with Crippen LogP contribution in [-0.4, -0.2) is 32.2 Å². The molecule has 0 saturated heterocycles. The number of nitrogens with one attached hydrogen (secondary N) is 1. The summed E-state index contributed by atoms with van der Waals surface area (Å²) in [5, 5.41) is 17.2. The topological polar surface area (TPSA) is 89.3 Å². The van der Waals surface area contributed by atoms with Gasteiger partial charge in [-0.15, -0.1) is 13.2 Å². The van der Waals surface area contributed by atoms with Gasteiger partial charge < -0.3 is 15.2 Å². The fraction of sp³-hybridized carbons (Fsp3) is 0.136. The normalized spacial score (nSPS) is 11.5. The zero-order valence-electron chi connectivity index (χ0n) is 16.7. The zero-order valence-corrected chi connectivity index (χ0v) is 16.7. The van der Waals surface area contributed by atoms with Crippen molar-refractivity contribution >= 4 is 22.7 Å². The molecule has 0 atom stereocenters. The molecule has 0 bridgehead atoms. The van der Waals surface area contributed by atoms with Gasteiger partial charge in [0.1, 0.15) is 11.6 Å². The largest absolute Gasteiger partial charge is 0.573 e. The van der Waals surface area contributed by atoms with Gasteiger partial charge in [0.05, 0.1) is 5.52 Å². The summed E-state index contributed by atoms with van der Waals surface area (Å²) in [5.74, 6) is -0.814. The summed E-state index contributed by atoms with van der Waals surface area (Å²) in [6.45, 7) is 0.255. The molecule has 164 valence electrons. The van der Waals surface area contributed by atoms with E-state index in [2.05, 4.69) is 20.1 Å². The lowest BCUT2D eigenvalue weighted by molar-refractivity contribution is -0.274. The lowest BCUT2D eigenvalue weighted by Gasteiger charge is -2.11. The van der Waals surface area contributed by atoms with E-state index in [9.17, 15) is 23.1 Å². The first kappa shape index (κ1) is 21.2. The number of aromatic nitrogens is 3. The second-order valence-corrected chi connectivity index (χ2v) is 6.99. The fourth-order valence-electron chi connectivity index (χ4n) is 3.35. The minimum atomic E-state index is -4.74. The molecule has 0 aliphatic carbocycles. The molecule has 0 saturated carbocycles. The van der Waals surface area contributed by atoms with Gasteiger partial charge in [-0.1, -0.05) is 18.2 Å². The molecule has 0 amide bonds. The van der Waals surface area contributed by atoms with Crippen LogP contribution in [0.3, 0.4) is 0 Å². The van der Waals surface area contributed by atoms with Crippen LogP contribution in [0.25, 0.3) is 22.0 Å². The molecule has 4 rings (SSSR count). The van der Waals surface area contributed by atoms with E-state index in [0.29, 0.717) is 22.3 Å². The zero-order chi connectivity index (χ0) is 22.9. The summed E-state index contributed by atoms with van der Waals surface area (Å²) >= 11 is 0. The molecule has 0 aliphatic heterocycles. The van der Waals surface area contributed by atoms with Crippen LogP contribution in [0.1, 0.15) is 16.1 Å². The molecule has 2 aromatic carbocycles. The van der Waals surface area contributed by atoms with Crippen molar-refractivity contribution in [1.82, 2.24) is 14.8 Å². The summed E-state index contributed by atoms with van der Waals surface area (Å²) in [5.41, 5.74) is 2.84. The first-order valence-corrected chi connectivity index (χ1v) is 9.45. The highest BCUT2D eigenvalue weighted by Crippen LogP contribution is 2.27. The molecule has 2 N–H and O–H groups in total. The molecular formula is C22H17F3N4O3. The van der Waals surface area contributed by atoms with Crippen LogP contribution in [0.4, 0.5) is 19.0 Å². The number of nitrogens with zero attached hydrogens (tertiary/aromatic N) is 3. The quantitative estimate of drug-likeness (QED) is 0.444. The number of benzene rings is 2. The van der Waals surface area contributed by atoms with Crippen molar-refractivity contribution in [3.05, 3.63) is 72.1 Å². The van der Waals surface area contributed by atoms with E-state index in [1.165, 1.54) is 22.9 Å². The van der Waals surface area contributed by atoms with Crippen molar-refractivity contribution in [3.8, 4) is 16.9 Å². The molecule has 7 nitrogen and oxygen atoms in total. The number of rotatable bonds is 6. The van der Waals surface area contributed by atoms with Gasteiger partial charge >= 0.3 is 12.3 Å².